The summed E-state index contributed by atoms with van der Waals surface area (Å²) in [7, 11) is 0. The minimum atomic E-state index is -0.275. The number of hydrogen-bond acceptors (Lipinski definition) is 3. The summed E-state index contributed by atoms with van der Waals surface area (Å²) in [5, 5.41) is 13.1. The van der Waals surface area contributed by atoms with Crippen LogP contribution in [0.3, 0.4) is 0 Å². The number of halogens is 3. The number of nitrogens with one attached hydrogen (secondary N) is 1. The predicted octanol–water partition coefficient (Wildman–Crippen LogP) is 2.41. The molecule has 1 aromatic rings. The first kappa shape index (κ1) is 19.2. The number of piperazine rings is 1. The van der Waals surface area contributed by atoms with Gasteiger partial charge < -0.3 is 10.4 Å². The van der Waals surface area contributed by atoms with Crippen LogP contribution in [0.5, 0.6) is 0 Å². The SMILES string of the molecule is CC(CO)(c1ccc(Br)cc1)N1CCNCC1.Cl.Cl. The van der Waals surface area contributed by atoms with Gasteiger partial charge in [-0.3, -0.25) is 4.90 Å². The van der Waals surface area contributed by atoms with E-state index in [1.807, 2.05) is 12.1 Å². The van der Waals surface area contributed by atoms with Gasteiger partial charge in [-0.05, 0) is 24.6 Å². The van der Waals surface area contributed by atoms with Gasteiger partial charge in [-0.2, -0.15) is 0 Å². The number of aliphatic hydroxyl groups is 1. The molecular formula is C13H21BrCl2N2O. The average Bonchev–Trinajstić information content (AvgIpc) is 2.40. The normalized spacial score (nSPS) is 18.9. The van der Waals surface area contributed by atoms with Gasteiger partial charge in [0.15, 0.2) is 0 Å². The summed E-state index contributed by atoms with van der Waals surface area (Å²) in [6.45, 7) is 6.20. The monoisotopic (exact) mass is 370 g/mol. The summed E-state index contributed by atoms with van der Waals surface area (Å²) in [6.07, 6.45) is 0. The van der Waals surface area contributed by atoms with Crippen molar-refractivity contribution in [1.29, 1.82) is 0 Å². The molecule has 19 heavy (non-hydrogen) atoms. The predicted molar refractivity (Wildman–Crippen MR) is 87.5 cm³/mol. The number of nitrogens with zero attached hydrogens (tertiary/aromatic N) is 1. The van der Waals surface area contributed by atoms with Crippen LogP contribution >= 0.6 is 40.7 Å². The van der Waals surface area contributed by atoms with Gasteiger partial charge in [0.25, 0.3) is 0 Å². The maximum absolute atomic E-state index is 9.79. The van der Waals surface area contributed by atoms with E-state index >= 15 is 0 Å². The average molecular weight is 372 g/mol. The van der Waals surface area contributed by atoms with Gasteiger partial charge in [-0.15, -0.1) is 24.8 Å². The Hall–Kier alpha value is 0.160. The van der Waals surface area contributed by atoms with Crippen molar-refractivity contribution in [2.24, 2.45) is 0 Å². The van der Waals surface area contributed by atoms with E-state index in [-0.39, 0.29) is 37.0 Å². The third-order valence-corrected chi connectivity index (χ3v) is 4.12. The second-order valence-corrected chi connectivity index (χ2v) is 5.59. The molecule has 0 amide bonds. The van der Waals surface area contributed by atoms with E-state index in [2.05, 4.69) is 45.2 Å². The molecule has 2 rings (SSSR count). The molecule has 0 aromatic heterocycles. The zero-order chi connectivity index (χ0) is 12.3. The molecule has 6 heteroatoms. The summed E-state index contributed by atoms with van der Waals surface area (Å²) in [4.78, 5) is 2.35. The summed E-state index contributed by atoms with van der Waals surface area (Å²) < 4.78 is 1.07. The van der Waals surface area contributed by atoms with Gasteiger partial charge in [0.05, 0.1) is 12.1 Å². The van der Waals surface area contributed by atoms with Crippen LogP contribution in [-0.2, 0) is 5.54 Å². The molecule has 1 heterocycles. The molecule has 1 atom stereocenters. The first-order valence-corrected chi connectivity index (χ1v) is 6.79. The van der Waals surface area contributed by atoms with Gasteiger partial charge in [-0.25, -0.2) is 0 Å². The minimum absolute atomic E-state index is 0. The standard InChI is InChI=1S/C13H19BrN2O.2ClH/c1-13(10-17,16-8-6-15-7-9-16)11-2-4-12(14)5-3-11;;/h2-5,15,17H,6-10H2,1H3;2*1H. The fourth-order valence-electron chi connectivity index (χ4n) is 2.34. The molecule has 1 aliphatic heterocycles. The molecule has 2 N–H and O–H groups in total. The van der Waals surface area contributed by atoms with Crippen molar-refractivity contribution in [2.45, 2.75) is 12.5 Å². The fraction of sp³-hybridized carbons (Fsp3) is 0.538. The Balaban J connectivity index is 0.00000162. The van der Waals surface area contributed by atoms with E-state index in [0.717, 1.165) is 30.7 Å². The van der Waals surface area contributed by atoms with Gasteiger partial charge in [0.1, 0.15) is 0 Å². The van der Waals surface area contributed by atoms with Gasteiger partial charge in [0.2, 0.25) is 0 Å². The lowest BCUT2D eigenvalue weighted by Gasteiger charge is -2.43. The Morgan fingerprint density at radius 1 is 1.21 bits per heavy atom. The molecule has 1 aromatic carbocycles. The van der Waals surface area contributed by atoms with Crippen LogP contribution in [0, 0.1) is 0 Å². The number of aliphatic hydroxyl groups excluding tert-OH is 1. The van der Waals surface area contributed by atoms with Crippen molar-refractivity contribution < 1.29 is 5.11 Å². The van der Waals surface area contributed by atoms with Crippen molar-refractivity contribution in [3.8, 4) is 0 Å². The molecule has 1 unspecified atom stereocenters. The lowest BCUT2D eigenvalue weighted by Crippen LogP contribution is -2.54. The highest BCUT2D eigenvalue weighted by Crippen LogP contribution is 2.29. The van der Waals surface area contributed by atoms with E-state index < -0.39 is 0 Å². The third-order valence-electron chi connectivity index (χ3n) is 3.59. The summed E-state index contributed by atoms with van der Waals surface area (Å²) in [5.41, 5.74) is 0.896. The molecule has 0 aliphatic carbocycles. The summed E-state index contributed by atoms with van der Waals surface area (Å²) in [5.74, 6) is 0. The zero-order valence-electron chi connectivity index (χ0n) is 10.9. The van der Waals surface area contributed by atoms with E-state index in [0.29, 0.717) is 0 Å². The molecule has 0 saturated carbocycles. The molecule has 0 bridgehead atoms. The Kier molecular flexibility index (Phi) is 8.52. The third kappa shape index (κ3) is 4.31. The highest BCUT2D eigenvalue weighted by molar-refractivity contribution is 9.10. The maximum Gasteiger partial charge on any atom is 0.0666 e. The smallest absolute Gasteiger partial charge is 0.0666 e. The largest absolute Gasteiger partial charge is 0.394 e. The number of hydrogen-bond donors (Lipinski definition) is 2. The van der Waals surface area contributed by atoms with Gasteiger partial charge >= 0.3 is 0 Å². The Bertz CT molecular complexity index is 371. The highest BCUT2D eigenvalue weighted by atomic mass is 79.9. The van der Waals surface area contributed by atoms with Crippen LogP contribution in [0.25, 0.3) is 0 Å². The Labute approximate surface area is 135 Å². The van der Waals surface area contributed by atoms with E-state index in [9.17, 15) is 5.11 Å². The molecule has 1 aliphatic rings. The molecule has 0 spiro atoms. The van der Waals surface area contributed by atoms with Crippen molar-refractivity contribution in [3.63, 3.8) is 0 Å². The van der Waals surface area contributed by atoms with Crippen LogP contribution in [0.4, 0.5) is 0 Å². The minimum Gasteiger partial charge on any atom is -0.394 e. The molecule has 0 radical (unpaired) electrons. The van der Waals surface area contributed by atoms with Crippen LogP contribution in [-0.4, -0.2) is 42.8 Å². The van der Waals surface area contributed by atoms with Crippen molar-refractivity contribution in [2.75, 3.05) is 32.8 Å². The second kappa shape index (κ2) is 8.45. The Morgan fingerprint density at radius 2 is 1.74 bits per heavy atom. The van der Waals surface area contributed by atoms with Gasteiger partial charge in [-0.1, -0.05) is 28.1 Å². The van der Waals surface area contributed by atoms with Crippen LogP contribution in [0.2, 0.25) is 0 Å². The molecule has 3 nitrogen and oxygen atoms in total. The van der Waals surface area contributed by atoms with Crippen LogP contribution in [0.1, 0.15) is 12.5 Å². The van der Waals surface area contributed by atoms with E-state index in [1.54, 1.807) is 0 Å². The molecule has 1 saturated heterocycles. The van der Waals surface area contributed by atoms with Crippen molar-refractivity contribution in [3.05, 3.63) is 34.3 Å². The quantitative estimate of drug-likeness (QED) is 0.856. The van der Waals surface area contributed by atoms with Crippen LogP contribution < -0.4 is 5.32 Å². The number of rotatable bonds is 3. The lowest BCUT2D eigenvalue weighted by atomic mass is 9.90. The van der Waals surface area contributed by atoms with Gasteiger partial charge in [0, 0.05) is 30.7 Å². The first-order chi connectivity index (χ1) is 8.16. The second-order valence-electron chi connectivity index (χ2n) is 4.68. The summed E-state index contributed by atoms with van der Waals surface area (Å²) in [6, 6.07) is 8.24. The van der Waals surface area contributed by atoms with E-state index in [1.165, 1.54) is 5.56 Å². The topological polar surface area (TPSA) is 35.5 Å². The van der Waals surface area contributed by atoms with Crippen LogP contribution in [0.15, 0.2) is 28.7 Å². The zero-order valence-corrected chi connectivity index (χ0v) is 14.2. The number of benzene rings is 1. The maximum atomic E-state index is 9.79. The molecular weight excluding hydrogens is 351 g/mol. The molecule has 110 valence electrons. The van der Waals surface area contributed by atoms with Crippen molar-refractivity contribution >= 4 is 40.7 Å². The van der Waals surface area contributed by atoms with Crippen molar-refractivity contribution in [1.82, 2.24) is 10.2 Å². The fourth-order valence-corrected chi connectivity index (χ4v) is 2.61. The Morgan fingerprint density at radius 3 is 2.21 bits per heavy atom. The lowest BCUT2D eigenvalue weighted by molar-refractivity contribution is 0.0311. The van der Waals surface area contributed by atoms with E-state index in [4.69, 9.17) is 0 Å². The molecule has 1 fully saturated rings. The summed E-state index contributed by atoms with van der Waals surface area (Å²) >= 11 is 3.44. The highest BCUT2D eigenvalue weighted by Gasteiger charge is 2.33. The first-order valence-electron chi connectivity index (χ1n) is 5.99.